The van der Waals surface area contributed by atoms with Crippen LogP contribution in [0.25, 0.3) is 0 Å². The molecule has 6 nitrogen and oxygen atoms in total. The van der Waals surface area contributed by atoms with Gasteiger partial charge in [0.15, 0.2) is 0 Å². The lowest BCUT2D eigenvalue weighted by atomic mass is 10.1. The number of benzene rings is 1. The van der Waals surface area contributed by atoms with Gasteiger partial charge in [0.25, 0.3) is 0 Å². The quantitative estimate of drug-likeness (QED) is 0.755. The number of alkyl halides is 3. The molecule has 0 saturated carbocycles. The molecule has 1 aromatic heterocycles. The molecule has 142 valence electrons. The number of carbonyl (C=O) groups excluding carboxylic acids is 1. The van der Waals surface area contributed by atoms with Crippen molar-refractivity contribution in [3.8, 4) is 11.8 Å². The average Bonchev–Trinajstić information content (AvgIpc) is 2.59. The molecule has 2 N–H and O–H groups in total. The second-order valence-corrected chi connectivity index (χ2v) is 6.39. The van der Waals surface area contributed by atoms with Crippen molar-refractivity contribution in [3.05, 3.63) is 51.3 Å². The number of carbonyl (C=O) groups is 1. The van der Waals surface area contributed by atoms with Gasteiger partial charge in [-0.25, -0.2) is 0 Å². The van der Waals surface area contributed by atoms with Crippen molar-refractivity contribution < 1.29 is 22.7 Å². The van der Waals surface area contributed by atoms with Gasteiger partial charge in [0.05, 0.1) is 34.7 Å². The van der Waals surface area contributed by atoms with E-state index < -0.39 is 28.8 Å². The Bertz CT molecular complexity index is 965. The molecule has 0 saturated heterocycles. The molecule has 0 bridgehead atoms. The summed E-state index contributed by atoms with van der Waals surface area (Å²) in [6, 6.07) is 6.88. The van der Waals surface area contributed by atoms with Crippen LogP contribution in [0.1, 0.15) is 16.7 Å². The van der Waals surface area contributed by atoms with E-state index in [9.17, 15) is 22.8 Å². The fraction of sp³-hybridized carbons (Fsp3) is 0.235. The minimum Gasteiger partial charge on any atom is -0.495 e. The maximum Gasteiger partial charge on any atom is 0.417 e. The monoisotopic (exact) mass is 397 g/mol. The predicted octanol–water partition coefficient (Wildman–Crippen LogP) is 3.31. The molecule has 0 aliphatic carbocycles. The zero-order valence-corrected chi connectivity index (χ0v) is 15.0. The van der Waals surface area contributed by atoms with E-state index in [1.54, 1.807) is 18.2 Å². The number of halogens is 3. The number of pyridine rings is 1. The average molecular weight is 397 g/mol. The normalized spacial score (nSPS) is 11.0. The van der Waals surface area contributed by atoms with Gasteiger partial charge in [-0.05, 0) is 24.6 Å². The number of anilines is 1. The third-order valence-electron chi connectivity index (χ3n) is 3.40. The molecule has 0 unspecified atom stereocenters. The Balaban J connectivity index is 2.21. The van der Waals surface area contributed by atoms with Crippen LogP contribution in [0.4, 0.5) is 18.9 Å². The van der Waals surface area contributed by atoms with Gasteiger partial charge in [-0.1, -0.05) is 17.8 Å². The number of aromatic amines is 1. The number of rotatable bonds is 5. The molecule has 10 heteroatoms. The zero-order chi connectivity index (χ0) is 20.2. The smallest absolute Gasteiger partial charge is 0.417 e. The van der Waals surface area contributed by atoms with E-state index in [0.29, 0.717) is 29.3 Å². The van der Waals surface area contributed by atoms with Crippen molar-refractivity contribution in [1.82, 2.24) is 4.98 Å². The van der Waals surface area contributed by atoms with Gasteiger partial charge in [-0.3, -0.25) is 9.59 Å². The van der Waals surface area contributed by atoms with Crippen molar-refractivity contribution in [1.29, 1.82) is 5.26 Å². The van der Waals surface area contributed by atoms with Crippen LogP contribution in [0.2, 0.25) is 0 Å². The summed E-state index contributed by atoms with van der Waals surface area (Å²) < 4.78 is 44.1. The molecule has 0 radical (unpaired) electrons. The first-order chi connectivity index (χ1) is 12.7. The highest BCUT2D eigenvalue weighted by Gasteiger charge is 2.35. The van der Waals surface area contributed by atoms with E-state index in [-0.39, 0.29) is 10.8 Å². The van der Waals surface area contributed by atoms with Crippen LogP contribution in [0.5, 0.6) is 5.75 Å². The molecule has 2 aromatic rings. The summed E-state index contributed by atoms with van der Waals surface area (Å²) >= 11 is 0.630. The first kappa shape index (κ1) is 20.4. The summed E-state index contributed by atoms with van der Waals surface area (Å²) in [7, 11) is 1.43. The standard InChI is InChI=1S/C17H14F3N3O3S/c1-9-3-4-13(26-2)12(5-9)22-15(25)8-27-16-10(7-21)11(17(18,19)20)6-14(24)23-16/h3-6H,8H2,1-2H3,(H,22,25)(H,23,24). The number of hydrogen-bond donors (Lipinski definition) is 2. The molecule has 1 heterocycles. The van der Waals surface area contributed by atoms with Crippen LogP contribution < -0.4 is 15.6 Å². The number of hydrogen-bond acceptors (Lipinski definition) is 5. The van der Waals surface area contributed by atoms with Gasteiger partial charge in [-0.2, -0.15) is 18.4 Å². The van der Waals surface area contributed by atoms with E-state index >= 15 is 0 Å². The summed E-state index contributed by atoms with van der Waals surface area (Å²) in [5, 5.41) is 11.3. The van der Waals surface area contributed by atoms with E-state index in [4.69, 9.17) is 10.00 Å². The van der Waals surface area contributed by atoms with Gasteiger partial charge < -0.3 is 15.0 Å². The minimum atomic E-state index is -4.86. The van der Waals surface area contributed by atoms with Crippen molar-refractivity contribution in [2.75, 3.05) is 18.2 Å². The van der Waals surface area contributed by atoms with E-state index in [1.807, 2.05) is 6.92 Å². The third kappa shape index (κ3) is 5.04. The summed E-state index contributed by atoms with van der Waals surface area (Å²) in [6.07, 6.45) is -4.86. The van der Waals surface area contributed by atoms with Gasteiger partial charge >= 0.3 is 6.18 Å². The van der Waals surface area contributed by atoms with Gasteiger partial charge in [-0.15, -0.1) is 0 Å². The Kier molecular flexibility index (Phi) is 6.17. The van der Waals surface area contributed by atoms with Crippen molar-refractivity contribution in [3.63, 3.8) is 0 Å². The number of nitrogens with zero attached hydrogens (tertiary/aromatic N) is 1. The molecule has 27 heavy (non-hydrogen) atoms. The Hall–Kier alpha value is -2.93. The molecule has 1 aromatic carbocycles. The van der Waals surface area contributed by atoms with Gasteiger partial charge in [0, 0.05) is 6.07 Å². The largest absolute Gasteiger partial charge is 0.495 e. The molecule has 0 aliphatic rings. The fourth-order valence-corrected chi connectivity index (χ4v) is 3.04. The molecule has 0 atom stereocenters. The number of aryl methyl sites for hydroxylation is 1. The predicted molar refractivity (Wildman–Crippen MR) is 93.9 cm³/mol. The van der Waals surface area contributed by atoms with Crippen LogP contribution in [0, 0.1) is 18.3 Å². The topological polar surface area (TPSA) is 95.0 Å². The molecule has 0 fully saturated rings. The van der Waals surface area contributed by atoms with Crippen molar-refractivity contribution >= 4 is 23.4 Å². The number of H-pyrrole nitrogens is 1. The Labute approximate surface area is 156 Å². The highest BCUT2D eigenvalue weighted by Crippen LogP contribution is 2.34. The SMILES string of the molecule is COc1ccc(C)cc1NC(=O)CSc1[nH]c(=O)cc(C(F)(F)F)c1C#N. The van der Waals surface area contributed by atoms with E-state index in [2.05, 4.69) is 10.3 Å². The number of amides is 1. The first-order valence-electron chi connectivity index (χ1n) is 7.47. The maximum atomic E-state index is 13.0. The van der Waals surface area contributed by atoms with Crippen LogP contribution in [-0.2, 0) is 11.0 Å². The number of thioether (sulfide) groups is 1. The Morgan fingerprint density at radius 3 is 2.67 bits per heavy atom. The summed E-state index contributed by atoms with van der Waals surface area (Å²) in [6.45, 7) is 1.82. The number of methoxy groups -OCH3 is 1. The number of aromatic nitrogens is 1. The van der Waals surface area contributed by atoms with Crippen LogP contribution in [-0.4, -0.2) is 23.8 Å². The molecule has 2 rings (SSSR count). The number of nitrogens with one attached hydrogen (secondary N) is 2. The Morgan fingerprint density at radius 1 is 1.37 bits per heavy atom. The molecule has 0 aliphatic heterocycles. The Morgan fingerprint density at radius 2 is 2.07 bits per heavy atom. The molecular formula is C17H14F3N3O3S. The lowest BCUT2D eigenvalue weighted by Gasteiger charge is -2.12. The van der Waals surface area contributed by atoms with Gasteiger partial charge in [0.1, 0.15) is 11.8 Å². The first-order valence-corrected chi connectivity index (χ1v) is 8.46. The second kappa shape index (κ2) is 8.18. The zero-order valence-electron chi connectivity index (χ0n) is 14.2. The third-order valence-corrected chi connectivity index (χ3v) is 4.40. The van der Waals surface area contributed by atoms with Crippen LogP contribution in [0.3, 0.4) is 0 Å². The molecule has 0 spiro atoms. The minimum absolute atomic E-state index is 0.316. The molecular weight excluding hydrogens is 383 g/mol. The van der Waals surface area contributed by atoms with E-state index in [0.717, 1.165) is 5.56 Å². The van der Waals surface area contributed by atoms with Crippen molar-refractivity contribution in [2.24, 2.45) is 0 Å². The summed E-state index contributed by atoms with van der Waals surface area (Å²) in [5.74, 6) is -0.432. The number of nitriles is 1. The van der Waals surface area contributed by atoms with Crippen LogP contribution in [0.15, 0.2) is 34.1 Å². The van der Waals surface area contributed by atoms with Crippen molar-refractivity contribution in [2.45, 2.75) is 18.1 Å². The second-order valence-electron chi connectivity index (χ2n) is 5.40. The highest BCUT2D eigenvalue weighted by molar-refractivity contribution is 8.00. The maximum absolute atomic E-state index is 13.0. The summed E-state index contributed by atoms with van der Waals surface area (Å²) in [4.78, 5) is 25.8. The van der Waals surface area contributed by atoms with Gasteiger partial charge in [0.2, 0.25) is 11.5 Å². The fourth-order valence-electron chi connectivity index (χ4n) is 2.22. The summed E-state index contributed by atoms with van der Waals surface area (Å²) in [5.41, 5.74) is -1.80. The lowest BCUT2D eigenvalue weighted by Crippen LogP contribution is -2.19. The van der Waals surface area contributed by atoms with Crippen LogP contribution >= 0.6 is 11.8 Å². The lowest BCUT2D eigenvalue weighted by molar-refractivity contribution is -0.138. The highest BCUT2D eigenvalue weighted by atomic mass is 32.2. The molecule has 1 amide bonds. The van der Waals surface area contributed by atoms with E-state index in [1.165, 1.54) is 13.2 Å². The number of ether oxygens (including phenoxy) is 1.